The summed E-state index contributed by atoms with van der Waals surface area (Å²) in [6, 6.07) is 4.12. The van der Waals surface area contributed by atoms with E-state index in [4.69, 9.17) is 4.74 Å². The van der Waals surface area contributed by atoms with Crippen LogP contribution in [0.1, 0.15) is 42.7 Å². The molecule has 0 spiro atoms. The van der Waals surface area contributed by atoms with Crippen molar-refractivity contribution in [3.8, 4) is 5.75 Å². The molecule has 0 radical (unpaired) electrons. The number of hydrogen-bond donors (Lipinski definition) is 2. The SMILES string of the molecule is CCCc1[nH]c2ncnc(Nc3cc4c(cc3OC)CN=C4)c2c1CC. The van der Waals surface area contributed by atoms with E-state index in [0.717, 1.165) is 53.1 Å². The van der Waals surface area contributed by atoms with Crippen LogP contribution >= 0.6 is 0 Å². The number of methoxy groups -OCH3 is 1. The van der Waals surface area contributed by atoms with Crippen molar-refractivity contribution in [2.45, 2.75) is 39.7 Å². The van der Waals surface area contributed by atoms with E-state index in [1.54, 1.807) is 13.4 Å². The van der Waals surface area contributed by atoms with Crippen LogP contribution in [-0.2, 0) is 19.4 Å². The van der Waals surface area contributed by atoms with Gasteiger partial charge in [-0.05, 0) is 41.7 Å². The number of H-pyrrole nitrogens is 1. The summed E-state index contributed by atoms with van der Waals surface area (Å²) < 4.78 is 5.59. The maximum Gasteiger partial charge on any atom is 0.143 e. The highest BCUT2D eigenvalue weighted by Gasteiger charge is 2.18. The van der Waals surface area contributed by atoms with Crippen LogP contribution in [0.3, 0.4) is 0 Å². The molecular formula is C20H23N5O. The quantitative estimate of drug-likeness (QED) is 0.701. The Kier molecular flexibility index (Phi) is 4.32. The number of ether oxygens (including phenoxy) is 1. The maximum absolute atomic E-state index is 5.59. The lowest BCUT2D eigenvalue weighted by Crippen LogP contribution is -2.01. The van der Waals surface area contributed by atoms with Crippen molar-refractivity contribution in [2.75, 3.05) is 12.4 Å². The molecule has 1 aliphatic heterocycles. The van der Waals surface area contributed by atoms with E-state index in [2.05, 4.69) is 45.2 Å². The van der Waals surface area contributed by atoms with Crippen molar-refractivity contribution in [2.24, 2.45) is 4.99 Å². The van der Waals surface area contributed by atoms with Crippen molar-refractivity contribution >= 4 is 28.8 Å². The van der Waals surface area contributed by atoms with Gasteiger partial charge in [0.15, 0.2) is 0 Å². The van der Waals surface area contributed by atoms with Crippen molar-refractivity contribution in [1.29, 1.82) is 0 Å². The van der Waals surface area contributed by atoms with Crippen LogP contribution in [0.2, 0.25) is 0 Å². The minimum atomic E-state index is 0.710. The van der Waals surface area contributed by atoms with Gasteiger partial charge in [-0.1, -0.05) is 20.3 Å². The predicted octanol–water partition coefficient (Wildman–Crippen LogP) is 4.16. The fourth-order valence-corrected chi connectivity index (χ4v) is 3.62. The molecule has 0 aliphatic carbocycles. The molecule has 1 aliphatic rings. The van der Waals surface area contributed by atoms with Crippen LogP contribution < -0.4 is 10.1 Å². The molecule has 0 amide bonds. The lowest BCUT2D eigenvalue weighted by molar-refractivity contribution is 0.416. The van der Waals surface area contributed by atoms with E-state index in [9.17, 15) is 0 Å². The number of aromatic nitrogens is 3. The van der Waals surface area contributed by atoms with Crippen LogP contribution in [0.15, 0.2) is 23.5 Å². The number of fused-ring (bicyclic) bond motifs is 2. The summed E-state index contributed by atoms with van der Waals surface area (Å²) in [6.07, 6.45) is 6.54. The Hall–Kier alpha value is -2.89. The molecular weight excluding hydrogens is 326 g/mol. The van der Waals surface area contributed by atoms with Crippen LogP contribution in [0.4, 0.5) is 11.5 Å². The van der Waals surface area contributed by atoms with Crippen LogP contribution in [0.25, 0.3) is 11.0 Å². The van der Waals surface area contributed by atoms with E-state index >= 15 is 0 Å². The zero-order chi connectivity index (χ0) is 18.1. The van der Waals surface area contributed by atoms with E-state index in [0.29, 0.717) is 6.54 Å². The first kappa shape index (κ1) is 16.6. The number of nitrogens with one attached hydrogen (secondary N) is 2. The topological polar surface area (TPSA) is 75.2 Å². The van der Waals surface area contributed by atoms with Gasteiger partial charge in [0.1, 0.15) is 23.5 Å². The van der Waals surface area contributed by atoms with Crippen LogP contribution in [0.5, 0.6) is 5.75 Å². The standard InChI is InChI=1S/C20H23N5O/c1-4-6-15-14(5-2)18-19(24-15)22-11-23-20(18)25-16-7-12-9-21-10-13(12)8-17(16)26-3/h7-9,11H,4-6,10H2,1-3H3,(H2,22,23,24,25). The number of anilines is 2. The van der Waals surface area contributed by atoms with Crippen molar-refractivity contribution < 1.29 is 4.74 Å². The van der Waals surface area contributed by atoms with Crippen LogP contribution in [-0.4, -0.2) is 28.3 Å². The predicted molar refractivity (Wildman–Crippen MR) is 105 cm³/mol. The Morgan fingerprint density at radius 2 is 2.12 bits per heavy atom. The van der Waals surface area contributed by atoms with Gasteiger partial charge in [-0.2, -0.15) is 0 Å². The highest BCUT2D eigenvalue weighted by molar-refractivity contribution is 5.94. The van der Waals surface area contributed by atoms with Crippen molar-refractivity contribution in [3.63, 3.8) is 0 Å². The first-order valence-corrected chi connectivity index (χ1v) is 9.07. The number of benzene rings is 1. The fraction of sp³-hybridized carbons (Fsp3) is 0.350. The molecule has 0 bridgehead atoms. The summed E-state index contributed by atoms with van der Waals surface area (Å²) in [5, 5.41) is 4.53. The number of aryl methyl sites for hydroxylation is 2. The van der Waals surface area contributed by atoms with Crippen LogP contribution in [0, 0.1) is 0 Å². The molecule has 0 saturated heterocycles. The molecule has 134 valence electrons. The normalized spacial score (nSPS) is 12.6. The van der Waals surface area contributed by atoms with E-state index in [1.807, 2.05) is 12.3 Å². The molecule has 2 N–H and O–H groups in total. The fourth-order valence-electron chi connectivity index (χ4n) is 3.62. The first-order chi connectivity index (χ1) is 12.7. The van der Waals surface area contributed by atoms with Gasteiger partial charge in [0, 0.05) is 11.9 Å². The number of nitrogens with zero attached hydrogens (tertiary/aromatic N) is 3. The van der Waals surface area contributed by atoms with Gasteiger partial charge >= 0.3 is 0 Å². The van der Waals surface area contributed by atoms with Crippen molar-refractivity contribution in [1.82, 2.24) is 15.0 Å². The molecule has 0 fully saturated rings. The molecule has 3 heterocycles. The molecule has 0 saturated carbocycles. The highest BCUT2D eigenvalue weighted by Crippen LogP contribution is 2.35. The van der Waals surface area contributed by atoms with Gasteiger partial charge < -0.3 is 15.0 Å². The first-order valence-electron chi connectivity index (χ1n) is 9.07. The molecule has 4 rings (SSSR count). The summed E-state index contributed by atoms with van der Waals surface area (Å²) >= 11 is 0. The third-order valence-electron chi connectivity index (χ3n) is 4.84. The van der Waals surface area contributed by atoms with Gasteiger partial charge in [0.2, 0.25) is 0 Å². The number of rotatable bonds is 6. The molecule has 26 heavy (non-hydrogen) atoms. The number of aliphatic imine (C=N–C) groups is 1. The van der Waals surface area contributed by atoms with Gasteiger partial charge in [0.25, 0.3) is 0 Å². The average Bonchev–Trinajstić information content (AvgIpc) is 3.25. The Bertz CT molecular complexity index is 990. The molecule has 0 atom stereocenters. The van der Waals surface area contributed by atoms with Crippen molar-refractivity contribution in [3.05, 3.63) is 40.8 Å². The third-order valence-corrected chi connectivity index (χ3v) is 4.84. The molecule has 6 heteroatoms. The summed E-state index contributed by atoms with van der Waals surface area (Å²) in [5.41, 5.74) is 6.61. The monoisotopic (exact) mass is 349 g/mol. The second kappa shape index (κ2) is 6.78. The maximum atomic E-state index is 5.59. The van der Waals surface area contributed by atoms with Gasteiger partial charge in [-0.3, -0.25) is 4.99 Å². The van der Waals surface area contributed by atoms with E-state index in [1.165, 1.54) is 16.8 Å². The second-order valence-corrected chi connectivity index (χ2v) is 6.48. The van der Waals surface area contributed by atoms with E-state index in [-0.39, 0.29) is 0 Å². The zero-order valence-electron chi connectivity index (χ0n) is 15.4. The largest absolute Gasteiger partial charge is 0.495 e. The zero-order valence-corrected chi connectivity index (χ0v) is 15.4. The number of aromatic amines is 1. The summed E-state index contributed by atoms with van der Waals surface area (Å²) in [4.78, 5) is 16.8. The molecule has 1 aromatic carbocycles. The molecule has 2 aromatic heterocycles. The summed E-state index contributed by atoms with van der Waals surface area (Å²) in [5.74, 6) is 1.60. The highest BCUT2D eigenvalue weighted by atomic mass is 16.5. The van der Waals surface area contributed by atoms with Gasteiger partial charge in [-0.25, -0.2) is 9.97 Å². The Balaban J connectivity index is 1.82. The van der Waals surface area contributed by atoms with Gasteiger partial charge in [-0.15, -0.1) is 0 Å². The minimum absolute atomic E-state index is 0.710. The second-order valence-electron chi connectivity index (χ2n) is 6.48. The summed E-state index contributed by atoms with van der Waals surface area (Å²) in [7, 11) is 1.69. The lowest BCUT2D eigenvalue weighted by Gasteiger charge is -2.13. The Labute approximate surface area is 152 Å². The van der Waals surface area contributed by atoms with E-state index < -0.39 is 0 Å². The van der Waals surface area contributed by atoms with Gasteiger partial charge in [0.05, 0.1) is 24.7 Å². The minimum Gasteiger partial charge on any atom is -0.495 e. The lowest BCUT2D eigenvalue weighted by atomic mass is 10.1. The average molecular weight is 349 g/mol. The summed E-state index contributed by atoms with van der Waals surface area (Å²) in [6.45, 7) is 5.07. The molecule has 0 unspecified atom stereocenters. The Morgan fingerprint density at radius 1 is 1.23 bits per heavy atom. The Morgan fingerprint density at radius 3 is 2.88 bits per heavy atom. The number of hydrogen-bond acceptors (Lipinski definition) is 5. The smallest absolute Gasteiger partial charge is 0.143 e. The molecule has 6 nitrogen and oxygen atoms in total. The third kappa shape index (κ3) is 2.71. The molecule has 3 aromatic rings.